The minimum atomic E-state index is -0.0168. The van der Waals surface area contributed by atoms with E-state index in [0.29, 0.717) is 11.8 Å². The zero-order chi connectivity index (χ0) is 14.4. The molecular formula is C15H19ClN4. The number of alkyl halides is 1. The van der Waals surface area contributed by atoms with E-state index in [2.05, 4.69) is 34.3 Å². The summed E-state index contributed by atoms with van der Waals surface area (Å²) in [5.41, 5.74) is 3.07. The molecule has 0 bridgehead atoms. The first-order valence-electron chi connectivity index (χ1n) is 6.88. The van der Waals surface area contributed by atoms with Gasteiger partial charge in [-0.15, -0.1) is 16.7 Å². The fourth-order valence-electron chi connectivity index (χ4n) is 2.05. The zero-order valence-electron chi connectivity index (χ0n) is 11.8. The van der Waals surface area contributed by atoms with Crippen molar-refractivity contribution in [1.29, 1.82) is 0 Å². The fourth-order valence-corrected chi connectivity index (χ4v) is 2.31. The quantitative estimate of drug-likeness (QED) is 0.829. The Bertz CT molecular complexity index is 545. The minimum Gasteiger partial charge on any atom is -0.345 e. The maximum absolute atomic E-state index is 6.05. The highest BCUT2D eigenvalue weighted by molar-refractivity contribution is 6.18. The molecule has 1 aromatic heterocycles. The molecule has 5 heteroatoms. The lowest BCUT2D eigenvalue weighted by Gasteiger charge is -2.16. The van der Waals surface area contributed by atoms with Gasteiger partial charge in [-0.2, -0.15) is 5.10 Å². The Balaban J connectivity index is 2.20. The summed E-state index contributed by atoms with van der Waals surface area (Å²) in [7, 11) is 0. The Hall–Kier alpha value is -1.68. The van der Waals surface area contributed by atoms with Crippen LogP contribution in [0.5, 0.6) is 0 Å². The third-order valence-electron chi connectivity index (χ3n) is 3.17. The van der Waals surface area contributed by atoms with E-state index in [0.717, 1.165) is 29.8 Å². The number of nitrogens with one attached hydrogen (secondary N) is 1. The van der Waals surface area contributed by atoms with Crippen LogP contribution in [0, 0.1) is 0 Å². The number of anilines is 1. The molecule has 1 heterocycles. The van der Waals surface area contributed by atoms with E-state index < -0.39 is 0 Å². The molecular weight excluding hydrogens is 272 g/mol. The van der Waals surface area contributed by atoms with Gasteiger partial charge in [0.1, 0.15) is 0 Å². The van der Waals surface area contributed by atoms with Crippen molar-refractivity contribution in [2.24, 2.45) is 0 Å². The smallest absolute Gasteiger partial charge is 0.243 e. The van der Waals surface area contributed by atoms with Crippen molar-refractivity contribution in [1.82, 2.24) is 15.2 Å². The Morgan fingerprint density at radius 1 is 1.05 bits per heavy atom. The lowest BCUT2D eigenvalue weighted by atomic mass is 10.1. The molecule has 0 aliphatic carbocycles. The molecule has 0 fully saturated rings. The summed E-state index contributed by atoms with van der Waals surface area (Å²) in [6, 6.07) is 10.0. The normalized spacial score (nSPS) is 12.2. The molecule has 1 unspecified atom stereocenters. The number of benzene rings is 1. The Kier molecular flexibility index (Phi) is 5.30. The Labute approximate surface area is 124 Å². The second-order valence-corrected chi connectivity index (χ2v) is 4.81. The number of halogens is 1. The van der Waals surface area contributed by atoms with E-state index in [1.807, 2.05) is 30.3 Å². The zero-order valence-corrected chi connectivity index (χ0v) is 12.6. The highest BCUT2D eigenvalue weighted by Gasteiger charge is 2.13. The molecule has 2 aromatic rings. The van der Waals surface area contributed by atoms with Crippen molar-refractivity contribution in [3.05, 3.63) is 47.3 Å². The minimum absolute atomic E-state index is 0.0168. The van der Waals surface area contributed by atoms with Crippen molar-refractivity contribution < 1.29 is 0 Å². The van der Waals surface area contributed by atoms with E-state index in [9.17, 15) is 0 Å². The summed E-state index contributed by atoms with van der Waals surface area (Å²) < 4.78 is 0. The van der Waals surface area contributed by atoms with Crippen LogP contribution in [0.3, 0.4) is 0 Å². The number of rotatable bonds is 6. The van der Waals surface area contributed by atoms with Gasteiger partial charge in [-0.05, 0) is 18.4 Å². The molecule has 0 saturated carbocycles. The van der Waals surface area contributed by atoms with Crippen molar-refractivity contribution in [3.63, 3.8) is 0 Å². The van der Waals surface area contributed by atoms with E-state index in [4.69, 9.17) is 11.6 Å². The molecule has 0 radical (unpaired) electrons. The van der Waals surface area contributed by atoms with Gasteiger partial charge in [-0.1, -0.05) is 44.2 Å². The molecule has 0 saturated heterocycles. The molecule has 0 amide bonds. The van der Waals surface area contributed by atoms with Gasteiger partial charge in [0.15, 0.2) is 0 Å². The second kappa shape index (κ2) is 7.20. The topological polar surface area (TPSA) is 50.7 Å². The van der Waals surface area contributed by atoms with Gasteiger partial charge in [0.2, 0.25) is 5.95 Å². The molecule has 2 rings (SSSR count). The monoisotopic (exact) mass is 290 g/mol. The van der Waals surface area contributed by atoms with Gasteiger partial charge >= 0.3 is 0 Å². The van der Waals surface area contributed by atoms with Gasteiger partial charge in [0.05, 0.1) is 17.4 Å². The molecule has 0 aliphatic heterocycles. The first kappa shape index (κ1) is 14.7. The van der Waals surface area contributed by atoms with Gasteiger partial charge in [-0.3, -0.25) is 0 Å². The molecule has 0 spiro atoms. The summed E-state index contributed by atoms with van der Waals surface area (Å²) in [6.45, 7) is 4.13. The number of hydrogen-bond donors (Lipinski definition) is 1. The third kappa shape index (κ3) is 3.45. The van der Waals surface area contributed by atoms with Gasteiger partial charge in [0.25, 0.3) is 0 Å². The van der Waals surface area contributed by atoms with Crippen molar-refractivity contribution >= 4 is 17.5 Å². The van der Waals surface area contributed by atoms with Crippen LogP contribution in [0.4, 0.5) is 5.95 Å². The SMILES string of the molecule is CCc1nnc(NC(CCl)c2ccccc2)nc1CC. The second-order valence-electron chi connectivity index (χ2n) is 4.50. The number of aryl methyl sites for hydroxylation is 2. The van der Waals surface area contributed by atoms with Crippen molar-refractivity contribution in [2.45, 2.75) is 32.7 Å². The largest absolute Gasteiger partial charge is 0.345 e. The molecule has 1 atom stereocenters. The van der Waals surface area contributed by atoms with Crippen LogP contribution in [-0.4, -0.2) is 21.1 Å². The van der Waals surface area contributed by atoms with Crippen LogP contribution in [-0.2, 0) is 12.8 Å². The van der Waals surface area contributed by atoms with Crippen LogP contribution in [0.25, 0.3) is 0 Å². The summed E-state index contributed by atoms with van der Waals surface area (Å²) in [6.07, 6.45) is 1.70. The first-order chi connectivity index (χ1) is 9.78. The van der Waals surface area contributed by atoms with Crippen LogP contribution in [0.2, 0.25) is 0 Å². The lowest BCUT2D eigenvalue weighted by molar-refractivity contribution is 0.792. The van der Waals surface area contributed by atoms with Gasteiger partial charge < -0.3 is 5.32 Å². The summed E-state index contributed by atoms with van der Waals surface area (Å²) in [5.74, 6) is 0.984. The van der Waals surface area contributed by atoms with Gasteiger partial charge in [0, 0.05) is 5.88 Å². The third-order valence-corrected chi connectivity index (χ3v) is 3.48. The molecule has 20 heavy (non-hydrogen) atoms. The number of hydrogen-bond acceptors (Lipinski definition) is 4. The first-order valence-corrected chi connectivity index (χ1v) is 7.41. The summed E-state index contributed by atoms with van der Waals surface area (Å²) >= 11 is 6.05. The van der Waals surface area contributed by atoms with E-state index >= 15 is 0 Å². The molecule has 1 N–H and O–H groups in total. The Morgan fingerprint density at radius 3 is 2.35 bits per heavy atom. The van der Waals surface area contributed by atoms with Crippen LogP contribution in [0.15, 0.2) is 30.3 Å². The standard InChI is InChI=1S/C15H19ClN4/c1-3-12-13(4-2)19-20-15(17-12)18-14(10-16)11-8-6-5-7-9-11/h5-9,14H,3-4,10H2,1-2H3,(H,17,18,20). The highest BCUT2D eigenvalue weighted by Crippen LogP contribution is 2.19. The highest BCUT2D eigenvalue weighted by atomic mass is 35.5. The van der Waals surface area contributed by atoms with Crippen LogP contribution < -0.4 is 5.32 Å². The predicted molar refractivity (Wildman–Crippen MR) is 82.1 cm³/mol. The average Bonchev–Trinajstić information content (AvgIpc) is 2.53. The number of nitrogens with zero attached hydrogens (tertiary/aromatic N) is 3. The Morgan fingerprint density at radius 2 is 1.75 bits per heavy atom. The average molecular weight is 291 g/mol. The molecule has 4 nitrogen and oxygen atoms in total. The summed E-state index contributed by atoms with van der Waals surface area (Å²) in [5, 5.41) is 11.6. The van der Waals surface area contributed by atoms with Crippen LogP contribution >= 0.6 is 11.6 Å². The van der Waals surface area contributed by atoms with Gasteiger partial charge in [-0.25, -0.2) is 4.98 Å². The molecule has 1 aromatic carbocycles. The summed E-state index contributed by atoms with van der Waals surface area (Å²) in [4.78, 5) is 4.53. The maximum atomic E-state index is 6.05. The van der Waals surface area contributed by atoms with Crippen molar-refractivity contribution in [2.75, 3.05) is 11.2 Å². The van der Waals surface area contributed by atoms with Crippen LogP contribution in [0.1, 0.15) is 36.8 Å². The predicted octanol–water partition coefficient (Wildman–Crippen LogP) is 3.39. The molecule has 0 aliphatic rings. The van der Waals surface area contributed by atoms with E-state index in [1.54, 1.807) is 0 Å². The molecule has 106 valence electrons. The van der Waals surface area contributed by atoms with E-state index in [1.165, 1.54) is 0 Å². The lowest BCUT2D eigenvalue weighted by Crippen LogP contribution is -2.16. The maximum Gasteiger partial charge on any atom is 0.243 e. The fraction of sp³-hybridized carbons (Fsp3) is 0.400. The van der Waals surface area contributed by atoms with E-state index in [-0.39, 0.29) is 6.04 Å². The number of aromatic nitrogens is 3. The van der Waals surface area contributed by atoms with Crippen molar-refractivity contribution in [3.8, 4) is 0 Å².